The van der Waals surface area contributed by atoms with Gasteiger partial charge in [-0.15, -0.1) is 24.8 Å². The minimum absolute atomic E-state index is 0. The van der Waals surface area contributed by atoms with Crippen LogP contribution in [0, 0.1) is 0 Å². The predicted molar refractivity (Wildman–Crippen MR) is 215 cm³/mol. The summed E-state index contributed by atoms with van der Waals surface area (Å²) in [6, 6.07) is 20.6. The minimum Gasteiger partial charge on any atom is -0.425 e. The lowest BCUT2D eigenvalue weighted by Crippen LogP contribution is -2.57. The summed E-state index contributed by atoms with van der Waals surface area (Å²) in [7, 11) is 0.746. The van der Waals surface area contributed by atoms with Crippen LogP contribution in [0.1, 0.15) is 42.4 Å². The zero-order chi connectivity index (χ0) is 42.8. The first-order chi connectivity index (χ1) is 27.3. The average Bonchev–Trinajstić information content (AvgIpc) is 3.19. The van der Waals surface area contributed by atoms with Crippen molar-refractivity contribution in [1.29, 1.82) is 0 Å². The number of ether oxygens (including phenoxy) is 2. The van der Waals surface area contributed by atoms with E-state index in [1.54, 1.807) is 48.5 Å². The van der Waals surface area contributed by atoms with Crippen LogP contribution in [0.15, 0.2) is 78.9 Å². The Hall–Kier alpha value is -4.52. The van der Waals surface area contributed by atoms with E-state index in [1.807, 2.05) is 30.3 Å². The first-order valence-electron chi connectivity index (χ1n) is 18.2. The van der Waals surface area contributed by atoms with Gasteiger partial charge in [0.15, 0.2) is 0 Å². The van der Waals surface area contributed by atoms with Gasteiger partial charge in [-0.3, -0.25) is 4.79 Å². The fourth-order valence-corrected chi connectivity index (χ4v) is 6.03. The number of carbonyl (C=O) groups excluding carboxylic acids is 3. The maximum Gasteiger partial charge on any atom is 0.459 e. The first kappa shape index (κ1) is 51.6. The number of amides is 1. The molecule has 0 fully saturated rings. The fraction of sp³-hybridized carbons (Fsp3) is 0.390. The van der Waals surface area contributed by atoms with E-state index in [0.29, 0.717) is 18.4 Å². The van der Waals surface area contributed by atoms with Crippen LogP contribution < -0.4 is 20.9 Å². The van der Waals surface area contributed by atoms with Crippen molar-refractivity contribution in [3.05, 3.63) is 95.6 Å². The summed E-state index contributed by atoms with van der Waals surface area (Å²) >= 11 is 0. The zero-order valence-corrected chi connectivity index (χ0v) is 33.9. The number of carbonyl (C=O) groups is 3. The normalized spacial score (nSPS) is 12.8. The Labute approximate surface area is 353 Å². The lowest BCUT2D eigenvalue weighted by molar-refractivity contribution is -0.355. The van der Waals surface area contributed by atoms with E-state index in [2.05, 4.69) is 0 Å². The highest BCUT2D eigenvalue weighted by molar-refractivity contribution is 5.93. The Morgan fingerprint density at radius 1 is 0.683 bits per heavy atom. The van der Waals surface area contributed by atoms with Gasteiger partial charge in [-0.1, -0.05) is 61.0 Å². The largest absolute Gasteiger partial charge is 0.459 e. The summed E-state index contributed by atoms with van der Waals surface area (Å²) in [6.07, 6.45) is -3.01. The van der Waals surface area contributed by atoms with E-state index >= 15 is 0 Å². The van der Waals surface area contributed by atoms with Crippen molar-refractivity contribution in [2.45, 2.75) is 75.1 Å². The molecule has 0 aliphatic carbocycles. The average molecular weight is 897 g/mol. The molecule has 0 saturated heterocycles. The van der Waals surface area contributed by atoms with Crippen molar-refractivity contribution in [3.63, 3.8) is 0 Å². The van der Waals surface area contributed by atoms with Crippen LogP contribution in [0.3, 0.4) is 0 Å². The maximum atomic E-state index is 13.7. The SMILES string of the molecule is CN(CC(F)(F)C(F)(F)C(F)(F)F)C(=O)CCc1ccc(CCCCCc2c(-c3ccc(OC(=O)[C@@H](N)CO)cc3)ccc3cc(OC(=O)[C@@H](N)CO)ccc23)cc1.Cl.Cl. The number of aliphatic hydroxyl groups is 2. The van der Waals surface area contributed by atoms with Crippen LogP contribution in [0.2, 0.25) is 0 Å². The summed E-state index contributed by atoms with van der Waals surface area (Å²) in [5.41, 5.74) is 15.5. The summed E-state index contributed by atoms with van der Waals surface area (Å²) < 4.78 is 102. The maximum absolute atomic E-state index is 13.7. The Bertz CT molecular complexity index is 2040. The third-order valence-corrected chi connectivity index (χ3v) is 9.42. The van der Waals surface area contributed by atoms with E-state index in [-0.39, 0.29) is 54.1 Å². The topological polar surface area (TPSA) is 165 Å². The van der Waals surface area contributed by atoms with Crippen LogP contribution in [0.5, 0.6) is 11.5 Å². The standard InChI is InChI=1S/C41H44F7N3O7.2ClH/c1-51(24-39(42,43)40(44,45)41(46,47)48)36(54)20-11-26-9-7-25(8-10-26)5-3-2-4-6-33-31(27-12-15-29(16-13-27)57-37(55)34(49)22-52)18-14-28-21-30(17-19-32(28)33)58-38(56)35(50)23-53;;/h7-10,12-19,21,34-35,52-53H,2-6,11,20,22-24,49-50H2,1H3;2*1H/t34-,35-;;/m0../s1. The third-order valence-electron chi connectivity index (χ3n) is 9.42. The molecule has 0 heterocycles. The second kappa shape index (κ2) is 22.4. The van der Waals surface area contributed by atoms with Gasteiger partial charge in [0.25, 0.3) is 0 Å². The lowest BCUT2D eigenvalue weighted by atomic mass is 9.90. The van der Waals surface area contributed by atoms with Crippen molar-refractivity contribution < 1.29 is 64.8 Å². The molecule has 0 unspecified atom stereocenters. The van der Waals surface area contributed by atoms with Crippen molar-refractivity contribution in [1.82, 2.24) is 4.90 Å². The second-order valence-corrected chi connectivity index (χ2v) is 13.8. The lowest BCUT2D eigenvalue weighted by Gasteiger charge is -2.31. The number of unbranched alkanes of at least 4 members (excludes halogenated alkanes) is 2. The molecular formula is C41H46Cl2F7N3O7. The number of nitrogens with zero attached hydrogens (tertiary/aromatic N) is 1. The number of benzene rings is 4. The second-order valence-electron chi connectivity index (χ2n) is 13.8. The van der Waals surface area contributed by atoms with Gasteiger partial charge in [0.05, 0.1) is 19.8 Å². The number of halogens is 9. The van der Waals surface area contributed by atoms with E-state index in [1.165, 1.54) is 0 Å². The highest BCUT2D eigenvalue weighted by atomic mass is 35.5. The van der Waals surface area contributed by atoms with Crippen molar-refractivity contribution in [2.75, 3.05) is 26.8 Å². The van der Waals surface area contributed by atoms with Crippen molar-refractivity contribution in [3.8, 4) is 22.6 Å². The van der Waals surface area contributed by atoms with Gasteiger partial charge in [-0.05, 0) is 95.0 Å². The Morgan fingerprint density at radius 2 is 1.20 bits per heavy atom. The number of aryl methyl sites for hydroxylation is 3. The number of hydrogen-bond acceptors (Lipinski definition) is 9. The molecule has 4 aromatic carbocycles. The highest BCUT2D eigenvalue weighted by Gasteiger charge is 2.73. The van der Waals surface area contributed by atoms with Crippen LogP contribution in [-0.4, -0.2) is 89.9 Å². The van der Waals surface area contributed by atoms with E-state index in [0.717, 1.165) is 59.3 Å². The molecule has 0 aliphatic rings. The number of fused-ring (bicyclic) bond motifs is 1. The third kappa shape index (κ3) is 13.2. The first-order valence-corrected chi connectivity index (χ1v) is 18.2. The molecule has 4 rings (SSSR count). The Kier molecular flexibility index (Phi) is 19.2. The Morgan fingerprint density at radius 3 is 1.75 bits per heavy atom. The van der Waals surface area contributed by atoms with E-state index in [4.69, 9.17) is 26.0 Å². The molecule has 0 spiro atoms. The highest BCUT2D eigenvalue weighted by Crippen LogP contribution is 2.46. The quantitative estimate of drug-likeness (QED) is 0.0337. The molecule has 2 atom stereocenters. The molecule has 0 saturated carbocycles. The van der Waals surface area contributed by atoms with Gasteiger partial charge >= 0.3 is 30.0 Å². The summed E-state index contributed by atoms with van der Waals surface area (Å²) in [5, 5.41) is 20.0. The molecule has 1 amide bonds. The van der Waals surface area contributed by atoms with Crippen LogP contribution >= 0.6 is 24.8 Å². The number of rotatable bonds is 19. The van der Waals surface area contributed by atoms with Gasteiger partial charge in [-0.25, -0.2) is 9.59 Å². The predicted octanol–water partition coefficient (Wildman–Crippen LogP) is 6.98. The van der Waals surface area contributed by atoms with Gasteiger partial charge in [-0.2, -0.15) is 30.7 Å². The van der Waals surface area contributed by atoms with Crippen LogP contribution in [-0.2, 0) is 33.6 Å². The molecule has 0 radical (unpaired) electrons. The molecule has 6 N–H and O–H groups in total. The fourth-order valence-electron chi connectivity index (χ4n) is 6.03. The van der Waals surface area contributed by atoms with Gasteiger partial charge in [0.2, 0.25) is 5.91 Å². The van der Waals surface area contributed by atoms with Crippen LogP contribution in [0.4, 0.5) is 30.7 Å². The molecular weight excluding hydrogens is 850 g/mol. The smallest absolute Gasteiger partial charge is 0.425 e. The molecule has 0 aromatic heterocycles. The van der Waals surface area contributed by atoms with Gasteiger partial charge < -0.3 is 36.1 Å². The summed E-state index contributed by atoms with van der Waals surface area (Å²) in [5.74, 6) is -13.9. The zero-order valence-electron chi connectivity index (χ0n) is 32.2. The number of nitrogens with two attached hydrogens (primary N) is 2. The van der Waals surface area contributed by atoms with E-state index in [9.17, 15) is 50.2 Å². The summed E-state index contributed by atoms with van der Waals surface area (Å²) in [6.45, 7) is -3.22. The van der Waals surface area contributed by atoms with Gasteiger partial charge in [0.1, 0.15) is 23.6 Å². The molecule has 60 heavy (non-hydrogen) atoms. The number of aliphatic hydroxyl groups excluding tert-OH is 2. The molecule has 0 aliphatic heterocycles. The molecule has 19 heteroatoms. The van der Waals surface area contributed by atoms with Gasteiger partial charge in [0, 0.05) is 13.5 Å². The molecule has 4 aromatic rings. The number of hydrogen-bond donors (Lipinski definition) is 4. The van der Waals surface area contributed by atoms with Crippen molar-refractivity contribution >= 4 is 53.4 Å². The molecule has 330 valence electrons. The monoisotopic (exact) mass is 895 g/mol. The number of alkyl halides is 7. The van der Waals surface area contributed by atoms with E-state index < -0.39 is 67.7 Å². The molecule has 10 nitrogen and oxygen atoms in total. The number of esters is 2. The summed E-state index contributed by atoms with van der Waals surface area (Å²) in [4.78, 5) is 36.7. The van der Waals surface area contributed by atoms with Crippen LogP contribution in [0.25, 0.3) is 21.9 Å². The Balaban J connectivity index is 0.00000620. The minimum atomic E-state index is -6.47. The van der Waals surface area contributed by atoms with Crippen molar-refractivity contribution in [2.24, 2.45) is 11.5 Å². The molecule has 0 bridgehead atoms.